The van der Waals surface area contributed by atoms with Crippen LogP contribution in [-0.2, 0) is 9.53 Å². The molecule has 2 atom stereocenters. The van der Waals surface area contributed by atoms with E-state index in [4.69, 9.17) is 10.5 Å². The van der Waals surface area contributed by atoms with E-state index in [9.17, 15) is 4.79 Å². The standard InChI is InChI=1S/C11H23NO2/c1-4-8-14-11(13)9(2)6-5-7-10(3)12/h9-10H,4-8,12H2,1-3H3. The number of carbonyl (C=O) groups is 1. The zero-order valence-corrected chi connectivity index (χ0v) is 9.58. The summed E-state index contributed by atoms with van der Waals surface area (Å²) in [5.41, 5.74) is 5.62. The van der Waals surface area contributed by atoms with Gasteiger partial charge in [-0.3, -0.25) is 4.79 Å². The minimum Gasteiger partial charge on any atom is -0.465 e. The van der Waals surface area contributed by atoms with Crippen LogP contribution in [-0.4, -0.2) is 18.6 Å². The molecule has 3 heteroatoms. The van der Waals surface area contributed by atoms with Gasteiger partial charge in [0.1, 0.15) is 0 Å². The fraction of sp³-hybridized carbons (Fsp3) is 0.909. The third-order valence-electron chi connectivity index (χ3n) is 2.15. The Labute approximate surface area is 87.0 Å². The molecule has 0 bridgehead atoms. The smallest absolute Gasteiger partial charge is 0.308 e. The molecule has 2 unspecified atom stereocenters. The molecule has 0 aromatic heterocycles. The second-order valence-corrected chi connectivity index (χ2v) is 3.98. The van der Waals surface area contributed by atoms with Crippen LogP contribution in [0.2, 0.25) is 0 Å². The Morgan fingerprint density at radius 2 is 2.00 bits per heavy atom. The molecule has 0 radical (unpaired) electrons. The van der Waals surface area contributed by atoms with Crippen molar-refractivity contribution >= 4 is 5.97 Å². The van der Waals surface area contributed by atoms with Gasteiger partial charge < -0.3 is 10.5 Å². The molecule has 0 aromatic rings. The molecule has 84 valence electrons. The van der Waals surface area contributed by atoms with Gasteiger partial charge in [0.15, 0.2) is 0 Å². The molecule has 0 fully saturated rings. The van der Waals surface area contributed by atoms with Crippen LogP contribution in [0.3, 0.4) is 0 Å². The van der Waals surface area contributed by atoms with Crippen molar-refractivity contribution in [2.24, 2.45) is 11.7 Å². The molecule has 0 saturated heterocycles. The second-order valence-electron chi connectivity index (χ2n) is 3.98. The van der Waals surface area contributed by atoms with Gasteiger partial charge in [0, 0.05) is 6.04 Å². The highest BCUT2D eigenvalue weighted by atomic mass is 16.5. The van der Waals surface area contributed by atoms with Crippen LogP contribution < -0.4 is 5.73 Å². The minimum atomic E-state index is -0.0727. The first-order valence-electron chi connectivity index (χ1n) is 5.50. The lowest BCUT2D eigenvalue weighted by molar-refractivity contribution is -0.148. The van der Waals surface area contributed by atoms with E-state index >= 15 is 0 Å². The van der Waals surface area contributed by atoms with Crippen LogP contribution in [0, 0.1) is 5.92 Å². The average molecular weight is 201 g/mol. The van der Waals surface area contributed by atoms with E-state index in [1.54, 1.807) is 0 Å². The van der Waals surface area contributed by atoms with Crippen molar-refractivity contribution in [3.05, 3.63) is 0 Å². The summed E-state index contributed by atoms with van der Waals surface area (Å²) in [5, 5.41) is 0. The first-order valence-corrected chi connectivity index (χ1v) is 5.50. The molecule has 0 saturated carbocycles. The fourth-order valence-corrected chi connectivity index (χ4v) is 1.21. The number of carbonyl (C=O) groups excluding carboxylic acids is 1. The molecule has 3 nitrogen and oxygen atoms in total. The van der Waals surface area contributed by atoms with Gasteiger partial charge in [-0.05, 0) is 26.2 Å². The van der Waals surface area contributed by atoms with Crippen LogP contribution >= 0.6 is 0 Å². The van der Waals surface area contributed by atoms with E-state index in [0.717, 1.165) is 25.7 Å². The van der Waals surface area contributed by atoms with Crippen molar-refractivity contribution in [2.45, 2.75) is 52.5 Å². The number of nitrogens with two attached hydrogens (primary N) is 1. The maximum absolute atomic E-state index is 11.3. The molecular weight excluding hydrogens is 178 g/mol. The molecule has 0 aliphatic rings. The van der Waals surface area contributed by atoms with Crippen LogP contribution in [0.4, 0.5) is 0 Å². The van der Waals surface area contributed by atoms with Gasteiger partial charge in [0.2, 0.25) is 0 Å². The van der Waals surface area contributed by atoms with Gasteiger partial charge in [0.25, 0.3) is 0 Å². The molecule has 0 aliphatic carbocycles. The Morgan fingerprint density at radius 3 is 2.50 bits per heavy atom. The van der Waals surface area contributed by atoms with Gasteiger partial charge in [-0.25, -0.2) is 0 Å². The largest absolute Gasteiger partial charge is 0.465 e. The third-order valence-corrected chi connectivity index (χ3v) is 2.15. The third kappa shape index (κ3) is 6.89. The summed E-state index contributed by atoms with van der Waals surface area (Å²) in [7, 11) is 0. The molecule has 14 heavy (non-hydrogen) atoms. The summed E-state index contributed by atoms with van der Waals surface area (Å²) in [4.78, 5) is 11.3. The molecule has 0 heterocycles. The number of rotatable bonds is 7. The van der Waals surface area contributed by atoms with Crippen LogP contribution in [0.25, 0.3) is 0 Å². The molecule has 0 rings (SSSR count). The summed E-state index contributed by atoms with van der Waals surface area (Å²) in [5.74, 6) is -0.0585. The van der Waals surface area contributed by atoms with E-state index in [1.165, 1.54) is 0 Å². The zero-order chi connectivity index (χ0) is 11.0. The maximum atomic E-state index is 11.3. The van der Waals surface area contributed by atoms with Crippen molar-refractivity contribution < 1.29 is 9.53 Å². The quantitative estimate of drug-likeness (QED) is 0.642. The lowest BCUT2D eigenvalue weighted by Gasteiger charge is -2.11. The first-order chi connectivity index (χ1) is 6.57. The number of esters is 1. The summed E-state index contributed by atoms with van der Waals surface area (Å²) in [6.45, 7) is 6.43. The average Bonchev–Trinajstić information content (AvgIpc) is 2.13. The first kappa shape index (κ1) is 13.4. The summed E-state index contributed by atoms with van der Waals surface area (Å²) in [6, 6.07) is 0.230. The maximum Gasteiger partial charge on any atom is 0.308 e. The minimum absolute atomic E-state index is 0.0142. The Hall–Kier alpha value is -0.570. The molecule has 0 aromatic carbocycles. The van der Waals surface area contributed by atoms with E-state index in [0.29, 0.717) is 6.61 Å². The van der Waals surface area contributed by atoms with Gasteiger partial charge in [0.05, 0.1) is 12.5 Å². The summed E-state index contributed by atoms with van der Waals surface area (Å²) in [6.07, 6.45) is 3.74. The van der Waals surface area contributed by atoms with Gasteiger partial charge in [-0.1, -0.05) is 20.3 Å². The Morgan fingerprint density at radius 1 is 1.36 bits per heavy atom. The zero-order valence-electron chi connectivity index (χ0n) is 9.58. The molecular formula is C11H23NO2. The molecule has 0 spiro atoms. The Kier molecular flexibility index (Phi) is 7.48. The van der Waals surface area contributed by atoms with Crippen molar-refractivity contribution in [1.29, 1.82) is 0 Å². The van der Waals surface area contributed by atoms with E-state index in [-0.39, 0.29) is 17.9 Å². The highest BCUT2D eigenvalue weighted by Crippen LogP contribution is 2.10. The normalized spacial score (nSPS) is 14.9. The Balaban J connectivity index is 3.51. The highest BCUT2D eigenvalue weighted by Gasteiger charge is 2.13. The molecule has 0 aliphatic heterocycles. The van der Waals surface area contributed by atoms with Crippen LogP contribution in [0.15, 0.2) is 0 Å². The van der Waals surface area contributed by atoms with Gasteiger partial charge in [-0.2, -0.15) is 0 Å². The SMILES string of the molecule is CCCOC(=O)C(C)CCCC(C)N. The van der Waals surface area contributed by atoms with E-state index < -0.39 is 0 Å². The number of hydrogen-bond donors (Lipinski definition) is 1. The topological polar surface area (TPSA) is 52.3 Å². The predicted molar refractivity (Wildman–Crippen MR) is 57.9 cm³/mol. The Bertz CT molecular complexity index is 157. The van der Waals surface area contributed by atoms with Crippen molar-refractivity contribution in [3.63, 3.8) is 0 Å². The highest BCUT2D eigenvalue weighted by molar-refractivity contribution is 5.71. The lowest BCUT2D eigenvalue weighted by Crippen LogP contribution is -2.18. The van der Waals surface area contributed by atoms with Crippen molar-refractivity contribution in [3.8, 4) is 0 Å². The van der Waals surface area contributed by atoms with Gasteiger partial charge in [-0.15, -0.1) is 0 Å². The fourth-order valence-electron chi connectivity index (χ4n) is 1.21. The van der Waals surface area contributed by atoms with Crippen molar-refractivity contribution in [1.82, 2.24) is 0 Å². The summed E-state index contributed by atoms with van der Waals surface area (Å²) < 4.78 is 5.04. The molecule has 2 N–H and O–H groups in total. The number of ether oxygens (including phenoxy) is 1. The monoisotopic (exact) mass is 201 g/mol. The summed E-state index contributed by atoms with van der Waals surface area (Å²) >= 11 is 0. The van der Waals surface area contributed by atoms with E-state index in [2.05, 4.69) is 0 Å². The van der Waals surface area contributed by atoms with E-state index in [1.807, 2.05) is 20.8 Å². The lowest BCUT2D eigenvalue weighted by atomic mass is 10.0. The second kappa shape index (κ2) is 7.80. The van der Waals surface area contributed by atoms with Crippen LogP contribution in [0.1, 0.15) is 46.5 Å². The predicted octanol–water partition coefficient (Wildman–Crippen LogP) is 2.09. The molecule has 0 amide bonds. The van der Waals surface area contributed by atoms with Gasteiger partial charge >= 0.3 is 5.97 Å². The van der Waals surface area contributed by atoms with Crippen LogP contribution in [0.5, 0.6) is 0 Å². The van der Waals surface area contributed by atoms with Crippen molar-refractivity contribution in [2.75, 3.05) is 6.61 Å². The number of hydrogen-bond acceptors (Lipinski definition) is 3.